The fourth-order valence-electron chi connectivity index (χ4n) is 2.27. The summed E-state index contributed by atoms with van der Waals surface area (Å²) in [7, 11) is 2.01. The Morgan fingerprint density at radius 1 is 1.38 bits per heavy atom. The molecule has 0 amide bonds. The fourth-order valence-corrected chi connectivity index (χ4v) is 2.65. The maximum atomic E-state index is 6.04. The van der Waals surface area contributed by atoms with Gasteiger partial charge in [0.2, 0.25) is 0 Å². The molecule has 1 aliphatic rings. The molecule has 88 valence electrons. The topological polar surface area (TPSA) is 21.3 Å². The lowest BCUT2D eigenvalue weighted by Crippen LogP contribution is -2.61. The number of hydrogen-bond donors (Lipinski definition) is 1. The molecule has 0 bridgehead atoms. The summed E-state index contributed by atoms with van der Waals surface area (Å²) in [6.07, 6.45) is 1.37. The summed E-state index contributed by atoms with van der Waals surface area (Å²) in [5, 5.41) is 3.33. The van der Waals surface area contributed by atoms with Crippen molar-refractivity contribution in [2.45, 2.75) is 32.4 Å². The first-order chi connectivity index (χ1) is 7.55. The van der Waals surface area contributed by atoms with E-state index in [2.05, 4.69) is 35.1 Å². The first-order valence-electron chi connectivity index (χ1n) is 5.64. The lowest BCUT2D eigenvalue weighted by molar-refractivity contribution is -0.0524. The van der Waals surface area contributed by atoms with Crippen LogP contribution in [0.15, 0.2) is 28.7 Å². The zero-order chi connectivity index (χ0) is 11.8. The van der Waals surface area contributed by atoms with E-state index in [0.717, 1.165) is 16.6 Å². The van der Waals surface area contributed by atoms with Crippen molar-refractivity contribution in [3.05, 3.63) is 28.7 Å². The molecule has 1 aromatic carbocycles. The molecule has 0 heterocycles. The molecule has 0 radical (unpaired) electrons. The molecular weight excluding hydrogens is 266 g/mol. The Bertz CT molecular complexity index is 378. The Morgan fingerprint density at radius 3 is 2.62 bits per heavy atom. The molecule has 1 saturated carbocycles. The quantitative estimate of drug-likeness (QED) is 0.920. The Morgan fingerprint density at radius 2 is 2.06 bits per heavy atom. The van der Waals surface area contributed by atoms with Crippen LogP contribution in [-0.4, -0.2) is 19.2 Å². The zero-order valence-corrected chi connectivity index (χ0v) is 11.5. The number of hydrogen-bond acceptors (Lipinski definition) is 2. The van der Waals surface area contributed by atoms with Gasteiger partial charge in [-0.2, -0.15) is 0 Å². The van der Waals surface area contributed by atoms with Gasteiger partial charge < -0.3 is 10.1 Å². The van der Waals surface area contributed by atoms with Gasteiger partial charge in [0.05, 0.1) is 4.47 Å². The molecule has 2 unspecified atom stereocenters. The Labute approximate surface area is 106 Å². The zero-order valence-electron chi connectivity index (χ0n) is 9.96. The van der Waals surface area contributed by atoms with E-state index in [1.807, 2.05) is 31.3 Å². The highest BCUT2D eigenvalue weighted by Crippen LogP contribution is 2.43. The second kappa shape index (κ2) is 4.38. The van der Waals surface area contributed by atoms with Crippen molar-refractivity contribution in [2.24, 2.45) is 5.41 Å². The van der Waals surface area contributed by atoms with E-state index in [0.29, 0.717) is 12.1 Å². The van der Waals surface area contributed by atoms with Crippen molar-refractivity contribution in [1.82, 2.24) is 5.32 Å². The summed E-state index contributed by atoms with van der Waals surface area (Å²) in [4.78, 5) is 0. The summed E-state index contributed by atoms with van der Waals surface area (Å²) in [6.45, 7) is 4.50. The molecule has 0 aromatic heterocycles. The number of halogens is 1. The molecule has 2 rings (SSSR count). The average molecular weight is 284 g/mol. The average Bonchev–Trinajstić information content (AvgIpc) is 2.26. The molecule has 16 heavy (non-hydrogen) atoms. The maximum absolute atomic E-state index is 6.04. The molecule has 0 aliphatic heterocycles. The van der Waals surface area contributed by atoms with Crippen LogP contribution in [0.1, 0.15) is 20.3 Å². The van der Waals surface area contributed by atoms with Crippen molar-refractivity contribution < 1.29 is 4.74 Å². The SMILES string of the molecule is CNC1CC(Oc2ccccc2Br)C1(C)C. The second-order valence-corrected chi connectivity index (χ2v) is 5.79. The number of rotatable bonds is 3. The minimum atomic E-state index is 0.198. The van der Waals surface area contributed by atoms with Crippen LogP contribution in [0.3, 0.4) is 0 Å². The predicted molar refractivity (Wildman–Crippen MR) is 69.8 cm³/mol. The molecule has 1 aliphatic carbocycles. The Balaban J connectivity index is 2.05. The van der Waals surface area contributed by atoms with E-state index in [1.165, 1.54) is 0 Å². The van der Waals surface area contributed by atoms with E-state index in [-0.39, 0.29) is 5.41 Å². The molecule has 0 saturated heterocycles. The van der Waals surface area contributed by atoms with Gasteiger partial charge in [0.1, 0.15) is 11.9 Å². The summed E-state index contributed by atoms with van der Waals surface area (Å²) < 4.78 is 7.07. The number of benzene rings is 1. The molecule has 2 nitrogen and oxygen atoms in total. The molecule has 1 aromatic rings. The first kappa shape index (κ1) is 11.9. The van der Waals surface area contributed by atoms with Gasteiger partial charge in [-0.05, 0) is 35.1 Å². The smallest absolute Gasteiger partial charge is 0.133 e. The first-order valence-corrected chi connectivity index (χ1v) is 6.43. The van der Waals surface area contributed by atoms with Gasteiger partial charge in [-0.25, -0.2) is 0 Å². The third-order valence-corrected chi connectivity index (χ3v) is 4.29. The van der Waals surface area contributed by atoms with E-state index in [1.54, 1.807) is 0 Å². The van der Waals surface area contributed by atoms with E-state index >= 15 is 0 Å². The van der Waals surface area contributed by atoms with E-state index < -0.39 is 0 Å². The van der Waals surface area contributed by atoms with Crippen molar-refractivity contribution in [3.63, 3.8) is 0 Å². The molecule has 3 heteroatoms. The van der Waals surface area contributed by atoms with Crippen molar-refractivity contribution in [2.75, 3.05) is 7.05 Å². The number of para-hydroxylation sites is 1. The monoisotopic (exact) mass is 283 g/mol. The van der Waals surface area contributed by atoms with Gasteiger partial charge in [0.15, 0.2) is 0 Å². The molecule has 1 N–H and O–H groups in total. The van der Waals surface area contributed by atoms with Crippen molar-refractivity contribution >= 4 is 15.9 Å². The predicted octanol–water partition coefficient (Wildman–Crippen LogP) is 3.21. The molecule has 0 spiro atoms. The minimum Gasteiger partial charge on any atom is -0.489 e. The standard InChI is InChI=1S/C13H18BrNO/c1-13(2)11(15-3)8-12(13)16-10-7-5-4-6-9(10)14/h4-7,11-12,15H,8H2,1-3H3. The lowest BCUT2D eigenvalue weighted by Gasteiger charge is -2.51. The molecular formula is C13H18BrNO. The van der Waals surface area contributed by atoms with Gasteiger partial charge in [-0.1, -0.05) is 26.0 Å². The summed E-state index contributed by atoms with van der Waals surface area (Å²) in [6, 6.07) is 8.57. The van der Waals surface area contributed by atoms with E-state index in [4.69, 9.17) is 4.74 Å². The lowest BCUT2D eigenvalue weighted by atomic mass is 9.64. The van der Waals surface area contributed by atoms with E-state index in [9.17, 15) is 0 Å². The van der Waals surface area contributed by atoms with Gasteiger partial charge in [0.25, 0.3) is 0 Å². The third-order valence-electron chi connectivity index (χ3n) is 3.63. The molecule has 2 atom stereocenters. The van der Waals surface area contributed by atoms with Crippen LogP contribution in [0, 0.1) is 5.41 Å². The largest absolute Gasteiger partial charge is 0.489 e. The highest BCUT2D eigenvalue weighted by Gasteiger charge is 2.49. The third kappa shape index (κ3) is 1.98. The normalized spacial score (nSPS) is 27.2. The van der Waals surface area contributed by atoms with Gasteiger partial charge in [0, 0.05) is 17.9 Å². The minimum absolute atomic E-state index is 0.198. The van der Waals surface area contributed by atoms with Crippen LogP contribution >= 0.6 is 15.9 Å². The van der Waals surface area contributed by atoms with Crippen LogP contribution in [0.5, 0.6) is 5.75 Å². The fraction of sp³-hybridized carbons (Fsp3) is 0.538. The van der Waals surface area contributed by atoms with Crippen LogP contribution in [0.2, 0.25) is 0 Å². The van der Waals surface area contributed by atoms with Gasteiger partial charge >= 0.3 is 0 Å². The van der Waals surface area contributed by atoms with Gasteiger partial charge in [-0.15, -0.1) is 0 Å². The highest BCUT2D eigenvalue weighted by molar-refractivity contribution is 9.10. The van der Waals surface area contributed by atoms with Gasteiger partial charge in [-0.3, -0.25) is 0 Å². The van der Waals surface area contributed by atoms with Crippen LogP contribution in [-0.2, 0) is 0 Å². The second-order valence-electron chi connectivity index (χ2n) is 4.94. The number of ether oxygens (including phenoxy) is 1. The summed E-state index contributed by atoms with van der Waals surface area (Å²) in [5.41, 5.74) is 0.198. The van der Waals surface area contributed by atoms with Crippen molar-refractivity contribution in [1.29, 1.82) is 0 Å². The van der Waals surface area contributed by atoms with Crippen LogP contribution in [0.4, 0.5) is 0 Å². The summed E-state index contributed by atoms with van der Waals surface area (Å²) >= 11 is 3.51. The Kier molecular flexibility index (Phi) is 3.27. The number of nitrogens with one attached hydrogen (secondary N) is 1. The van der Waals surface area contributed by atoms with Crippen LogP contribution in [0.25, 0.3) is 0 Å². The summed E-state index contributed by atoms with van der Waals surface area (Å²) in [5.74, 6) is 0.940. The Hall–Kier alpha value is -0.540. The molecule has 1 fully saturated rings. The van der Waals surface area contributed by atoms with Crippen molar-refractivity contribution in [3.8, 4) is 5.75 Å². The maximum Gasteiger partial charge on any atom is 0.133 e. The highest BCUT2D eigenvalue weighted by atomic mass is 79.9. The van der Waals surface area contributed by atoms with Crippen LogP contribution < -0.4 is 10.1 Å².